The highest BCUT2D eigenvalue weighted by Crippen LogP contribution is 2.29. The lowest BCUT2D eigenvalue weighted by Crippen LogP contribution is -2.61. The Morgan fingerprint density at radius 3 is 2.12 bits per heavy atom. The summed E-state index contributed by atoms with van der Waals surface area (Å²) in [5, 5.41) is 6.22. The molecule has 4 atom stereocenters. The average molecular weight is 570 g/mol. The van der Waals surface area contributed by atoms with Gasteiger partial charge in [0.15, 0.2) is 0 Å². The Morgan fingerprint density at radius 1 is 1.05 bits per heavy atom. The van der Waals surface area contributed by atoms with Crippen LogP contribution in [0.2, 0.25) is 0 Å². The number of hydrogen-bond acceptors (Lipinski definition) is 5. The van der Waals surface area contributed by atoms with Gasteiger partial charge in [0.25, 0.3) is 0 Å². The van der Waals surface area contributed by atoms with Crippen molar-refractivity contribution >= 4 is 23.6 Å². The van der Waals surface area contributed by atoms with Crippen molar-refractivity contribution in [2.45, 2.75) is 97.8 Å². The zero-order valence-electron chi connectivity index (χ0n) is 26.6. The van der Waals surface area contributed by atoms with Crippen LogP contribution in [0.1, 0.15) is 73.8 Å². The molecule has 2 rings (SSSR count). The molecule has 41 heavy (non-hydrogen) atoms. The molecule has 0 spiro atoms. The number of likely N-dealkylation sites (tertiary alicyclic amines) is 1. The summed E-state index contributed by atoms with van der Waals surface area (Å²) in [6.07, 6.45) is 3.07. The van der Waals surface area contributed by atoms with Gasteiger partial charge in [-0.3, -0.25) is 19.2 Å². The predicted octanol–water partition coefficient (Wildman–Crippen LogP) is 2.99. The fourth-order valence-electron chi connectivity index (χ4n) is 5.69. The van der Waals surface area contributed by atoms with Crippen LogP contribution in [0.4, 0.5) is 0 Å². The molecule has 1 aliphatic heterocycles. The van der Waals surface area contributed by atoms with E-state index in [2.05, 4.69) is 10.6 Å². The first-order valence-corrected chi connectivity index (χ1v) is 14.5. The Hall–Kier alpha value is -3.20. The molecule has 0 saturated carbocycles. The average Bonchev–Trinajstić information content (AvgIpc) is 3.39. The summed E-state index contributed by atoms with van der Waals surface area (Å²) in [4.78, 5) is 56.0. The lowest BCUT2D eigenvalue weighted by Gasteiger charge is -2.40. The van der Waals surface area contributed by atoms with Crippen LogP contribution >= 0.6 is 0 Å². The van der Waals surface area contributed by atoms with Gasteiger partial charge < -0.3 is 26.2 Å². The number of carbonyl (C=O) groups is 4. The van der Waals surface area contributed by atoms with Crippen molar-refractivity contribution in [1.82, 2.24) is 20.4 Å². The van der Waals surface area contributed by atoms with Crippen LogP contribution in [-0.2, 0) is 24.6 Å². The Kier molecular flexibility index (Phi) is 11.3. The first kappa shape index (κ1) is 34.0. The molecule has 0 aromatic heterocycles. The number of nitrogens with zero attached hydrogens (tertiary/aromatic N) is 2. The number of hydrogen-bond donors (Lipinski definition) is 3. The van der Waals surface area contributed by atoms with E-state index in [0.717, 1.165) is 12.0 Å². The van der Waals surface area contributed by atoms with Gasteiger partial charge in [0.2, 0.25) is 23.6 Å². The summed E-state index contributed by atoms with van der Waals surface area (Å²) in [7, 11) is 3.45. The molecular formula is C32H51N5O4. The Bertz CT molecular complexity index is 1120. The predicted molar refractivity (Wildman–Crippen MR) is 163 cm³/mol. The molecule has 1 saturated heterocycles. The number of nitrogens with two attached hydrogens (primary N) is 1. The zero-order chi connectivity index (χ0) is 31.3. The van der Waals surface area contributed by atoms with E-state index in [1.807, 2.05) is 78.8 Å². The van der Waals surface area contributed by atoms with Gasteiger partial charge in [-0.1, -0.05) is 84.9 Å². The number of rotatable bonds is 11. The maximum atomic E-state index is 14.1. The molecule has 0 aliphatic carbocycles. The van der Waals surface area contributed by atoms with Crippen molar-refractivity contribution in [1.29, 1.82) is 0 Å². The van der Waals surface area contributed by atoms with Crippen LogP contribution in [0.3, 0.4) is 0 Å². The zero-order valence-corrected chi connectivity index (χ0v) is 26.6. The molecule has 0 bridgehead atoms. The van der Waals surface area contributed by atoms with E-state index in [-0.39, 0.29) is 23.6 Å². The van der Waals surface area contributed by atoms with Crippen molar-refractivity contribution in [3.05, 3.63) is 47.5 Å². The third-order valence-electron chi connectivity index (χ3n) is 8.27. The Balaban J connectivity index is 2.33. The molecule has 4 amide bonds. The van der Waals surface area contributed by atoms with Gasteiger partial charge in [-0.25, -0.2) is 0 Å². The maximum Gasteiger partial charge on any atom is 0.249 e. The molecule has 228 valence electrons. The molecule has 1 aliphatic rings. The van der Waals surface area contributed by atoms with Gasteiger partial charge in [0, 0.05) is 24.6 Å². The Morgan fingerprint density at radius 2 is 1.63 bits per heavy atom. The first-order valence-electron chi connectivity index (χ1n) is 14.5. The van der Waals surface area contributed by atoms with Gasteiger partial charge in [-0.2, -0.15) is 0 Å². The van der Waals surface area contributed by atoms with Crippen LogP contribution in [0.5, 0.6) is 0 Å². The van der Waals surface area contributed by atoms with Crippen LogP contribution < -0.4 is 16.4 Å². The molecule has 9 heteroatoms. The van der Waals surface area contributed by atoms with Gasteiger partial charge >= 0.3 is 0 Å². The topological polar surface area (TPSA) is 125 Å². The minimum absolute atomic E-state index is 0.0180. The normalized spacial score (nSPS) is 18.6. The largest absolute Gasteiger partial charge is 0.368 e. The van der Waals surface area contributed by atoms with Crippen LogP contribution in [0.15, 0.2) is 42.0 Å². The van der Waals surface area contributed by atoms with Crippen LogP contribution in [0, 0.1) is 11.3 Å². The molecule has 1 aromatic rings. The van der Waals surface area contributed by atoms with Crippen LogP contribution in [-0.4, -0.2) is 78.2 Å². The number of benzene rings is 1. The number of primary amides is 1. The van der Waals surface area contributed by atoms with Gasteiger partial charge in [0.1, 0.15) is 12.1 Å². The number of carbonyl (C=O) groups excluding carboxylic acids is 4. The molecule has 0 radical (unpaired) electrons. The van der Waals surface area contributed by atoms with Crippen molar-refractivity contribution in [3.63, 3.8) is 0 Å². The highest BCUT2D eigenvalue weighted by molar-refractivity contribution is 5.97. The van der Waals surface area contributed by atoms with E-state index in [0.29, 0.717) is 18.5 Å². The number of amides is 4. The second-order valence-electron chi connectivity index (χ2n) is 13.2. The molecule has 9 nitrogen and oxygen atoms in total. The second-order valence-corrected chi connectivity index (χ2v) is 13.2. The van der Waals surface area contributed by atoms with E-state index < -0.39 is 40.9 Å². The van der Waals surface area contributed by atoms with Crippen molar-refractivity contribution < 1.29 is 19.2 Å². The molecular weight excluding hydrogens is 518 g/mol. The van der Waals surface area contributed by atoms with Crippen LogP contribution in [0.25, 0.3) is 0 Å². The maximum absolute atomic E-state index is 14.1. The second kappa shape index (κ2) is 13.6. The molecule has 3 unspecified atom stereocenters. The molecule has 4 N–H and O–H groups in total. The molecule has 1 heterocycles. The van der Waals surface area contributed by atoms with E-state index in [1.54, 1.807) is 32.0 Å². The fraction of sp³-hybridized carbons (Fsp3) is 0.625. The van der Waals surface area contributed by atoms with Gasteiger partial charge in [-0.05, 0) is 43.7 Å². The standard InChI is InChI=1S/C32H51N5O4/c1-20(2)24(19-21(3)29(40)37-18-14-17-23(37)27(33)38)36(10)30(41)26(31(4,5)6)35-28(39)25(34-9)32(7,8)22-15-12-11-13-16-22/h11-13,15-16,19-20,23-26,34H,14,17-18H2,1-10H3,(H2,33,38)(H,35,39)/b21-19+/t23-,24?,25?,26?/m0/s1. The fourth-order valence-corrected chi connectivity index (χ4v) is 5.69. The number of likely N-dealkylation sites (N-methyl/N-ethyl adjacent to an activating group) is 2. The molecule has 1 aromatic carbocycles. The van der Waals surface area contributed by atoms with E-state index in [4.69, 9.17) is 5.73 Å². The van der Waals surface area contributed by atoms with Crippen molar-refractivity contribution in [2.24, 2.45) is 17.1 Å². The van der Waals surface area contributed by atoms with Crippen molar-refractivity contribution in [2.75, 3.05) is 20.6 Å². The van der Waals surface area contributed by atoms with Gasteiger partial charge in [-0.15, -0.1) is 0 Å². The summed E-state index contributed by atoms with van der Waals surface area (Å²) in [5.41, 5.74) is 5.85. The SMILES string of the molecule is CNC(C(=O)NC(C(=O)N(C)C(/C=C(\C)C(=O)N1CCC[C@H]1C(N)=O)C(C)C)C(C)(C)C)C(C)(C)c1ccccc1. The summed E-state index contributed by atoms with van der Waals surface area (Å²) in [6.45, 7) is 15.9. The highest BCUT2D eigenvalue weighted by atomic mass is 16.2. The number of nitrogens with one attached hydrogen (secondary N) is 2. The summed E-state index contributed by atoms with van der Waals surface area (Å²) >= 11 is 0. The Labute approximate surface area is 246 Å². The summed E-state index contributed by atoms with van der Waals surface area (Å²) < 4.78 is 0. The van der Waals surface area contributed by atoms with E-state index >= 15 is 0 Å². The molecule has 1 fully saturated rings. The first-order chi connectivity index (χ1) is 18.9. The smallest absolute Gasteiger partial charge is 0.249 e. The minimum atomic E-state index is -0.814. The summed E-state index contributed by atoms with van der Waals surface area (Å²) in [6, 6.07) is 7.40. The van der Waals surface area contributed by atoms with E-state index in [9.17, 15) is 19.2 Å². The minimum Gasteiger partial charge on any atom is -0.368 e. The van der Waals surface area contributed by atoms with Crippen molar-refractivity contribution in [3.8, 4) is 0 Å². The third-order valence-corrected chi connectivity index (χ3v) is 8.27. The third kappa shape index (κ3) is 7.97. The lowest BCUT2D eigenvalue weighted by molar-refractivity contribution is -0.141. The van der Waals surface area contributed by atoms with E-state index in [1.165, 1.54) is 4.90 Å². The highest BCUT2D eigenvalue weighted by Gasteiger charge is 2.42. The summed E-state index contributed by atoms with van der Waals surface area (Å²) in [5.74, 6) is -1.29. The lowest BCUT2D eigenvalue weighted by atomic mass is 9.76. The van der Waals surface area contributed by atoms with Gasteiger partial charge in [0.05, 0.1) is 12.1 Å². The monoisotopic (exact) mass is 569 g/mol. The quantitative estimate of drug-likeness (QED) is 0.354.